The van der Waals surface area contributed by atoms with Crippen molar-refractivity contribution < 1.29 is 19.1 Å². The first-order valence-corrected chi connectivity index (χ1v) is 10.3. The number of aryl methyl sites for hydroxylation is 2. The van der Waals surface area contributed by atoms with Crippen LogP contribution in [0.5, 0.6) is 5.75 Å². The molecule has 0 aromatic heterocycles. The van der Waals surface area contributed by atoms with Gasteiger partial charge in [0.25, 0.3) is 5.91 Å². The lowest BCUT2D eigenvalue weighted by Crippen LogP contribution is -2.41. The van der Waals surface area contributed by atoms with Crippen LogP contribution in [-0.2, 0) is 14.3 Å². The number of benzene rings is 1. The highest BCUT2D eigenvalue weighted by Gasteiger charge is 2.63. The van der Waals surface area contributed by atoms with Gasteiger partial charge in [-0.25, -0.2) is 0 Å². The molecule has 28 heavy (non-hydrogen) atoms. The summed E-state index contributed by atoms with van der Waals surface area (Å²) in [6, 6.07) is 5.89. The van der Waals surface area contributed by atoms with E-state index in [4.69, 9.17) is 9.47 Å². The number of carbonyl (C=O) groups excluding carboxylic acids is 2. The number of likely N-dealkylation sites (tertiary alicyclic amines) is 1. The summed E-state index contributed by atoms with van der Waals surface area (Å²) >= 11 is 0. The number of hydrogen-bond donors (Lipinski definition) is 1. The summed E-state index contributed by atoms with van der Waals surface area (Å²) in [6.07, 6.45) is 2.73. The van der Waals surface area contributed by atoms with Gasteiger partial charge in [0.15, 0.2) is 6.61 Å². The Labute approximate surface area is 166 Å². The summed E-state index contributed by atoms with van der Waals surface area (Å²) in [5.41, 5.74) is 2.14. The van der Waals surface area contributed by atoms with E-state index >= 15 is 0 Å². The zero-order chi connectivity index (χ0) is 19.9. The number of ether oxygens (including phenoxy) is 2. The van der Waals surface area contributed by atoms with Crippen molar-refractivity contribution >= 4 is 11.8 Å². The molecule has 3 heterocycles. The van der Waals surface area contributed by atoms with Gasteiger partial charge in [0, 0.05) is 31.3 Å². The Morgan fingerprint density at radius 3 is 2.89 bits per heavy atom. The second kappa shape index (κ2) is 7.39. The fraction of sp³-hybridized carbons (Fsp3) is 0.636. The van der Waals surface area contributed by atoms with Crippen molar-refractivity contribution in [2.45, 2.75) is 51.7 Å². The Bertz CT molecular complexity index is 780. The second-order valence-electron chi connectivity index (χ2n) is 8.50. The summed E-state index contributed by atoms with van der Waals surface area (Å²) < 4.78 is 12.1. The molecule has 0 aliphatic carbocycles. The van der Waals surface area contributed by atoms with Crippen molar-refractivity contribution in [3.05, 3.63) is 29.3 Å². The Hall–Kier alpha value is -2.08. The van der Waals surface area contributed by atoms with E-state index in [0.717, 1.165) is 24.2 Å². The molecular weight excluding hydrogens is 356 g/mol. The standard InChI is InChI=1S/C22H30N2O4/c1-4-20(25)23-10-17-18-11-24(13-22(18)8-7-19(17)28-22)21(26)12-27-16-6-5-14(2)15(3)9-16/h5-6,9,17-19H,4,7-8,10-13H2,1-3H3,(H,23,25)/t17-,18+,19+,22+/m0/s1. The van der Waals surface area contributed by atoms with Gasteiger partial charge in [-0.1, -0.05) is 13.0 Å². The van der Waals surface area contributed by atoms with Crippen LogP contribution >= 0.6 is 0 Å². The topological polar surface area (TPSA) is 67.9 Å². The summed E-state index contributed by atoms with van der Waals surface area (Å²) in [6.45, 7) is 7.98. The molecule has 4 atom stereocenters. The molecule has 4 rings (SSSR count). The SMILES string of the molecule is CCC(=O)NC[C@H]1[C@H]2CN(C(=O)COc3ccc(C)c(C)c3)C[C@]23CC[C@H]1O3. The fourth-order valence-electron chi connectivity index (χ4n) is 5.05. The van der Waals surface area contributed by atoms with Crippen molar-refractivity contribution in [2.24, 2.45) is 11.8 Å². The molecule has 2 amide bonds. The Morgan fingerprint density at radius 2 is 2.14 bits per heavy atom. The molecule has 1 spiro atoms. The van der Waals surface area contributed by atoms with E-state index in [9.17, 15) is 9.59 Å². The van der Waals surface area contributed by atoms with Crippen LogP contribution in [0.15, 0.2) is 18.2 Å². The molecule has 0 radical (unpaired) electrons. The maximum atomic E-state index is 12.8. The van der Waals surface area contributed by atoms with E-state index in [-0.39, 0.29) is 30.1 Å². The number of fused-ring (bicyclic) bond motifs is 1. The van der Waals surface area contributed by atoms with Gasteiger partial charge in [0.1, 0.15) is 5.75 Å². The first-order valence-electron chi connectivity index (χ1n) is 10.3. The third-order valence-corrected chi connectivity index (χ3v) is 6.83. The van der Waals surface area contributed by atoms with Gasteiger partial charge < -0.3 is 19.7 Å². The van der Waals surface area contributed by atoms with Crippen molar-refractivity contribution in [1.29, 1.82) is 0 Å². The molecule has 6 heteroatoms. The van der Waals surface area contributed by atoms with Crippen LogP contribution in [0.1, 0.15) is 37.3 Å². The van der Waals surface area contributed by atoms with Crippen LogP contribution in [-0.4, -0.2) is 54.7 Å². The molecule has 1 aromatic carbocycles. The number of hydrogen-bond acceptors (Lipinski definition) is 4. The van der Waals surface area contributed by atoms with Crippen LogP contribution in [0.25, 0.3) is 0 Å². The molecule has 0 unspecified atom stereocenters. The minimum Gasteiger partial charge on any atom is -0.484 e. The molecule has 152 valence electrons. The number of carbonyl (C=O) groups is 2. The summed E-state index contributed by atoms with van der Waals surface area (Å²) in [4.78, 5) is 26.3. The Morgan fingerprint density at radius 1 is 1.32 bits per heavy atom. The highest BCUT2D eigenvalue weighted by Crippen LogP contribution is 2.54. The van der Waals surface area contributed by atoms with Crippen LogP contribution in [0, 0.1) is 25.7 Å². The van der Waals surface area contributed by atoms with Crippen LogP contribution in [0.3, 0.4) is 0 Å². The lowest BCUT2D eigenvalue weighted by atomic mass is 9.73. The zero-order valence-electron chi connectivity index (χ0n) is 17.0. The molecule has 3 aliphatic rings. The number of amides is 2. The van der Waals surface area contributed by atoms with Crippen molar-refractivity contribution in [3.8, 4) is 5.75 Å². The molecule has 3 aliphatic heterocycles. The van der Waals surface area contributed by atoms with Gasteiger partial charge in [0.2, 0.25) is 5.91 Å². The molecular formula is C22H30N2O4. The van der Waals surface area contributed by atoms with E-state index in [2.05, 4.69) is 12.2 Å². The molecule has 3 fully saturated rings. The maximum Gasteiger partial charge on any atom is 0.260 e. The van der Waals surface area contributed by atoms with Crippen LogP contribution in [0.4, 0.5) is 0 Å². The highest BCUT2D eigenvalue weighted by molar-refractivity contribution is 5.78. The van der Waals surface area contributed by atoms with E-state index in [0.29, 0.717) is 37.9 Å². The van der Waals surface area contributed by atoms with Gasteiger partial charge in [-0.15, -0.1) is 0 Å². The summed E-state index contributed by atoms with van der Waals surface area (Å²) in [5, 5.41) is 3.02. The molecule has 0 saturated carbocycles. The summed E-state index contributed by atoms with van der Waals surface area (Å²) in [5.74, 6) is 1.40. The number of nitrogens with zero attached hydrogens (tertiary/aromatic N) is 1. The van der Waals surface area contributed by atoms with Crippen molar-refractivity contribution in [2.75, 3.05) is 26.2 Å². The number of rotatable bonds is 6. The third-order valence-electron chi connectivity index (χ3n) is 6.83. The van der Waals surface area contributed by atoms with E-state index in [1.807, 2.05) is 36.9 Å². The van der Waals surface area contributed by atoms with Gasteiger partial charge in [-0.3, -0.25) is 9.59 Å². The molecule has 1 aromatic rings. The largest absolute Gasteiger partial charge is 0.484 e. The van der Waals surface area contributed by atoms with E-state index < -0.39 is 0 Å². The first-order chi connectivity index (χ1) is 13.4. The van der Waals surface area contributed by atoms with Crippen LogP contribution < -0.4 is 10.1 Å². The zero-order valence-corrected chi connectivity index (χ0v) is 17.0. The van der Waals surface area contributed by atoms with Gasteiger partial charge >= 0.3 is 0 Å². The lowest BCUT2D eigenvalue weighted by molar-refractivity contribution is -0.134. The monoisotopic (exact) mass is 386 g/mol. The van der Waals surface area contributed by atoms with E-state index in [1.54, 1.807) is 0 Å². The average Bonchev–Trinajstić information content (AvgIpc) is 3.35. The summed E-state index contributed by atoms with van der Waals surface area (Å²) in [7, 11) is 0. The predicted molar refractivity (Wildman–Crippen MR) is 105 cm³/mol. The van der Waals surface area contributed by atoms with E-state index in [1.165, 1.54) is 5.56 Å². The molecule has 6 nitrogen and oxygen atoms in total. The first kappa shape index (κ1) is 19.2. The normalized spacial score (nSPS) is 30.4. The van der Waals surface area contributed by atoms with Crippen LogP contribution in [0.2, 0.25) is 0 Å². The molecule has 3 saturated heterocycles. The highest BCUT2D eigenvalue weighted by atomic mass is 16.5. The predicted octanol–water partition coefficient (Wildman–Crippen LogP) is 2.21. The Kier molecular flexibility index (Phi) is 5.08. The van der Waals surface area contributed by atoms with Gasteiger partial charge in [0.05, 0.1) is 18.2 Å². The van der Waals surface area contributed by atoms with Gasteiger partial charge in [-0.05, 0) is 49.9 Å². The number of nitrogens with one attached hydrogen (secondary N) is 1. The minimum absolute atomic E-state index is 0.00500. The minimum atomic E-state index is -0.220. The third kappa shape index (κ3) is 3.39. The quantitative estimate of drug-likeness (QED) is 0.814. The smallest absolute Gasteiger partial charge is 0.260 e. The van der Waals surface area contributed by atoms with Crippen molar-refractivity contribution in [3.63, 3.8) is 0 Å². The second-order valence-corrected chi connectivity index (χ2v) is 8.50. The van der Waals surface area contributed by atoms with Gasteiger partial charge in [-0.2, -0.15) is 0 Å². The molecule has 2 bridgehead atoms. The molecule has 1 N–H and O–H groups in total. The lowest BCUT2D eigenvalue weighted by Gasteiger charge is -2.29. The fourth-order valence-corrected chi connectivity index (χ4v) is 5.05. The Balaban J connectivity index is 1.36. The average molecular weight is 386 g/mol. The maximum absolute atomic E-state index is 12.8. The van der Waals surface area contributed by atoms with Crippen molar-refractivity contribution in [1.82, 2.24) is 10.2 Å².